The summed E-state index contributed by atoms with van der Waals surface area (Å²) in [4.78, 5) is 15.5. The lowest BCUT2D eigenvalue weighted by atomic mass is 10.1. The molecule has 1 unspecified atom stereocenters. The van der Waals surface area contributed by atoms with Gasteiger partial charge in [-0.25, -0.2) is 0 Å². The number of hydrogen-bond donors (Lipinski definition) is 0. The van der Waals surface area contributed by atoms with Crippen LogP contribution in [-0.4, -0.2) is 16.8 Å². The maximum atomic E-state index is 12.5. The Balaban J connectivity index is 2.10. The van der Waals surface area contributed by atoms with Crippen LogP contribution in [0.3, 0.4) is 0 Å². The van der Waals surface area contributed by atoms with Crippen LogP contribution in [0.25, 0.3) is 6.08 Å². The Morgan fingerprint density at radius 2 is 2.00 bits per heavy atom. The molecule has 0 aliphatic rings. The fourth-order valence-electron chi connectivity index (χ4n) is 2.09. The van der Waals surface area contributed by atoms with E-state index in [-0.39, 0.29) is 11.9 Å². The highest BCUT2D eigenvalue weighted by Gasteiger charge is 2.16. The van der Waals surface area contributed by atoms with Crippen molar-refractivity contribution in [1.29, 1.82) is 0 Å². The summed E-state index contributed by atoms with van der Waals surface area (Å²) >= 11 is 1.64. The van der Waals surface area contributed by atoms with E-state index in [0.717, 1.165) is 16.9 Å². The van der Waals surface area contributed by atoms with E-state index in [0.29, 0.717) is 6.54 Å². The summed E-state index contributed by atoms with van der Waals surface area (Å²) in [5.74, 6) is 0.0709. The second-order valence-corrected chi connectivity index (χ2v) is 6.04. The summed E-state index contributed by atoms with van der Waals surface area (Å²) < 4.78 is 0. The molecule has 0 saturated heterocycles. The summed E-state index contributed by atoms with van der Waals surface area (Å²) in [7, 11) is 0. The van der Waals surface area contributed by atoms with Gasteiger partial charge in [-0.2, -0.15) is 0 Å². The maximum absolute atomic E-state index is 12.5. The molecule has 2 nitrogen and oxygen atoms in total. The third-order valence-corrected chi connectivity index (χ3v) is 4.37. The molecule has 1 aromatic carbocycles. The second kappa shape index (κ2) is 7.79. The van der Waals surface area contributed by atoms with Gasteiger partial charge in [0.25, 0.3) is 0 Å². The number of carbonyl (C=O) groups is 1. The van der Waals surface area contributed by atoms with Crippen molar-refractivity contribution in [3.63, 3.8) is 0 Å². The van der Waals surface area contributed by atoms with Gasteiger partial charge in [0.2, 0.25) is 5.91 Å². The highest BCUT2D eigenvalue weighted by molar-refractivity contribution is 7.10. The summed E-state index contributed by atoms with van der Waals surface area (Å²) in [6.45, 7) is 4.86. The Bertz CT molecular complexity index is 575. The first-order valence-electron chi connectivity index (χ1n) is 7.26. The molecule has 0 fully saturated rings. The normalized spacial score (nSPS) is 12.5. The molecule has 0 aliphatic carbocycles. The zero-order chi connectivity index (χ0) is 15.1. The van der Waals surface area contributed by atoms with E-state index >= 15 is 0 Å². The highest BCUT2D eigenvalue weighted by atomic mass is 32.1. The molecule has 21 heavy (non-hydrogen) atoms. The topological polar surface area (TPSA) is 20.3 Å². The summed E-state index contributed by atoms with van der Waals surface area (Å²) in [5.41, 5.74) is 1.16. The Morgan fingerprint density at radius 1 is 1.24 bits per heavy atom. The smallest absolute Gasteiger partial charge is 0.247 e. The van der Waals surface area contributed by atoms with E-state index in [1.54, 1.807) is 17.4 Å². The van der Waals surface area contributed by atoms with Crippen LogP contribution in [0.1, 0.15) is 30.7 Å². The first-order chi connectivity index (χ1) is 10.2. The van der Waals surface area contributed by atoms with Gasteiger partial charge in [0, 0.05) is 23.5 Å². The van der Waals surface area contributed by atoms with E-state index in [1.807, 2.05) is 46.7 Å². The minimum Gasteiger partial charge on any atom is -0.332 e. The van der Waals surface area contributed by atoms with Crippen LogP contribution in [0.4, 0.5) is 0 Å². The van der Waals surface area contributed by atoms with Crippen LogP contribution >= 0.6 is 11.3 Å². The van der Waals surface area contributed by atoms with Crippen molar-refractivity contribution in [3.8, 4) is 0 Å². The van der Waals surface area contributed by atoms with E-state index in [4.69, 9.17) is 0 Å². The molecule has 1 aromatic heterocycles. The molecule has 1 heterocycles. The first kappa shape index (κ1) is 15.5. The van der Waals surface area contributed by atoms with Crippen molar-refractivity contribution in [1.82, 2.24) is 4.90 Å². The van der Waals surface area contributed by atoms with E-state index in [2.05, 4.69) is 26.0 Å². The van der Waals surface area contributed by atoms with E-state index < -0.39 is 0 Å². The molecule has 2 rings (SSSR count). The standard InChI is InChI=1S/C18H21NOS/c1-3-15(2)19(14-16-8-5-4-6-9-16)18(20)12-11-17-10-7-13-21-17/h4-13,15H,3,14H2,1-2H3/b12-11+. The zero-order valence-corrected chi connectivity index (χ0v) is 13.3. The van der Waals surface area contributed by atoms with E-state index in [9.17, 15) is 4.79 Å². The number of hydrogen-bond acceptors (Lipinski definition) is 2. The fourth-order valence-corrected chi connectivity index (χ4v) is 2.70. The summed E-state index contributed by atoms with van der Waals surface area (Å²) in [6, 6.07) is 14.4. The molecule has 0 bridgehead atoms. The lowest BCUT2D eigenvalue weighted by Crippen LogP contribution is -2.36. The van der Waals surface area contributed by atoms with Gasteiger partial charge in [-0.05, 0) is 36.4 Å². The number of benzene rings is 1. The van der Waals surface area contributed by atoms with Crippen molar-refractivity contribution >= 4 is 23.3 Å². The van der Waals surface area contributed by atoms with Crippen molar-refractivity contribution < 1.29 is 4.79 Å². The highest BCUT2D eigenvalue weighted by Crippen LogP contribution is 2.14. The van der Waals surface area contributed by atoms with Crippen LogP contribution in [0.15, 0.2) is 53.9 Å². The van der Waals surface area contributed by atoms with Gasteiger partial charge in [0.1, 0.15) is 0 Å². The molecule has 0 aliphatic heterocycles. The first-order valence-corrected chi connectivity index (χ1v) is 8.14. The maximum Gasteiger partial charge on any atom is 0.247 e. The Morgan fingerprint density at radius 3 is 2.62 bits per heavy atom. The quantitative estimate of drug-likeness (QED) is 0.714. The van der Waals surface area contributed by atoms with Crippen molar-refractivity contribution in [2.24, 2.45) is 0 Å². The van der Waals surface area contributed by atoms with Gasteiger partial charge in [0.05, 0.1) is 0 Å². The third-order valence-electron chi connectivity index (χ3n) is 3.54. The minimum absolute atomic E-state index is 0.0709. The third kappa shape index (κ3) is 4.57. The molecule has 1 atom stereocenters. The Labute approximate surface area is 130 Å². The second-order valence-electron chi connectivity index (χ2n) is 5.06. The summed E-state index contributed by atoms with van der Waals surface area (Å²) in [5, 5.41) is 2.01. The molecule has 110 valence electrons. The average Bonchev–Trinajstić information content (AvgIpc) is 3.04. The van der Waals surface area contributed by atoms with E-state index in [1.165, 1.54) is 0 Å². The predicted octanol–water partition coefficient (Wildman–Crippen LogP) is 4.59. The van der Waals surface area contributed by atoms with Gasteiger partial charge < -0.3 is 4.90 Å². The molecular weight excluding hydrogens is 278 g/mol. The fraction of sp³-hybridized carbons (Fsp3) is 0.278. The van der Waals surface area contributed by atoms with Crippen molar-refractivity contribution in [2.75, 3.05) is 0 Å². The number of thiophene rings is 1. The van der Waals surface area contributed by atoms with Gasteiger partial charge >= 0.3 is 0 Å². The van der Waals surface area contributed by atoms with Gasteiger partial charge in [-0.3, -0.25) is 4.79 Å². The average molecular weight is 299 g/mol. The summed E-state index contributed by atoms with van der Waals surface area (Å²) in [6.07, 6.45) is 4.53. The lowest BCUT2D eigenvalue weighted by molar-refractivity contribution is -0.128. The molecule has 2 aromatic rings. The molecule has 0 radical (unpaired) electrons. The van der Waals surface area contributed by atoms with Crippen LogP contribution < -0.4 is 0 Å². The van der Waals surface area contributed by atoms with Crippen LogP contribution in [0.2, 0.25) is 0 Å². The number of amides is 1. The largest absolute Gasteiger partial charge is 0.332 e. The van der Waals surface area contributed by atoms with Crippen LogP contribution in [0.5, 0.6) is 0 Å². The minimum atomic E-state index is 0.0709. The predicted molar refractivity (Wildman–Crippen MR) is 90.1 cm³/mol. The number of nitrogens with zero attached hydrogens (tertiary/aromatic N) is 1. The lowest BCUT2D eigenvalue weighted by Gasteiger charge is -2.27. The van der Waals surface area contributed by atoms with Gasteiger partial charge in [-0.15, -0.1) is 11.3 Å². The zero-order valence-electron chi connectivity index (χ0n) is 12.5. The van der Waals surface area contributed by atoms with Gasteiger partial charge in [-0.1, -0.05) is 43.3 Å². The van der Waals surface area contributed by atoms with Crippen LogP contribution in [0, 0.1) is 0 Å². The molecular formula is C18H21NOS. The SMILES string of the molecule is CCC(C)N(Cc1ccccc1)C(=O)/C=C/c1cccs1. The number of carbonyl (C=O) groups excluding carboxylic acids is 1. The molecule has 3 heteroatoms. The Hall–Kier alpha value is -1.87. The molecule has 0 saturated carbocycles. The Kier molecular flexibility index (Phi) is 5.76. The monoisotopic (exact) mass is 299 g/mol. The van der Waals surface area contributed by atoms with Crippen LogP contribution in [-0.2, 0) is 11.3 Å². The molecule has 0 N–H and O–H groups in total. The molecule has 0 spiro atoms. The van der Waals surface area contributed by atoms with Crippen molar-refractivity contribution in [3.05, 3.63) is 64.4 Å². The molecule has 1 amide bonds. The van der Waals surface area contributed by atoms with Crippen molar-refractivity contribution in [2.45, 2.75) is 32.9 Å². The number of rotatable bonds is 6. The van der Waals surface area contributed by atoms with Gasteiger partial charge in [0.15, 0.2) is 0 Å².